The lowest BCUT2D eigenvalue weighted by molar-refractivity contribution is 1.19. The number of hydrogen-bond acceptors (Lipinski definition) is 4. The van der Waals surface area contributed by atoms with Gasteiger partial charge in [0.2, 0.25) is 5.28 Å². The van der Waals surface area contributed by atoms with Crippen LogP contribution in [0.2, 0.25) is 5.28 Å². The van der Waals surface area contributed by atoms with E-state index >= 15 is 0 Å². The Bertz CT molecular complexity index is 507. The van der Waals surface area contributed by atoms with Gasteiger partial charge in [0.05, 0.1) is 5.39 Å². The number of aromatic nitrogens is 2. The third-order valence-corrected chi connectivity index (χ3v) is 3.02. The maximum atomic E-state index is 5.83. The molecule has 2 aromatic heterocycles. The Morgan fingerprint density at radius 2 is 2.40 bits per heavy atom. The summed E-state index contributed by atoms with van der Waals surface area (Å²) >= 11 is 7.44. The molecule has 0 aliphatic heterocycles. The second-order valence-electron chi connectivity index (χ2n) is 3.09. The molecule has 0 spiro atoms. The zero-order valence-electron chi connectivity index (χ0n) is 8.25. The van der Waals surface area contributed by atoms with Gasteiger partial charge < -0.3 is 5.32 Å². The summed E-state index contributed by atoms with van der Waals surface area (Å²) in [6.45, 7) is 6.35. The van der Waals surface area contributed by atoms with Gasteiger partial charge in [0, 0.05) is 11.4 Å². The van der Waals surface area contributed by atoms with Gasteiger partial charge >= 0.3 is 0 Å². The van der Waals surface area contributed by atoms with Crippen LogP contribution in [0.4, 0.5) is 5.82 Å². The molecule has 78 valence electrons. The van der Waals surface area contributed by atoms with Crippen LogP contribution < -0.4 is 5.32 Å². The van der Waals surface area contributed by atoms with Gasteiger partial charge in [0.15, 0.2) is 0 Å². The van der Waals surface area contributed by atoms with Gasteiger partial charge in [-0.15, -0.1) is 17.9 Å². The number of nitrogens with one attached hydrogen (secondary N) is 1. The lowest BCUT2D eigenvalue weighted by Crippen LogP contribution is -2.01. The minimum Gasteiger partial charge on any atom is -0.366 e. The van der Waals surface area contributed by atoms with Crippen LogP contribution in [0.1, 0.15) is 4.88 Å². The third-order valence-electron chi connectivity index (χ3n) is 1.90. The molecule has 3 nitrogen and oxygen atoms in total. The average Bonchev–Trinajstić information content (AvgIpc) is 2.54. The number of rotatable bonds is 3. The second-order valence-corrected chi connectivity index (χ2v) is 4.66. The lowest BCUT2D eigenvalue weighted by Gasteiger charge is -2.03. The van der Waals surface area contributed by atoms with Crippen molar-refractivity contribution in [3.8, 4) is 0 Å². The second kappa shape index (κ2) is 4.16. The number of hydrogen-bond donors (Lipinski definition) is 1. The van der Waals surface area contributed by atoms with Crippen molar-refractivity contribution in [1.29, 1.82) is 0 Å². The number of halogens is 1. The molecule has 2 heterocycles. The Hall–Kier alpha value is -1.13. The monoisotopic (exact) mass is 239 g/mol. The normalized spacial score (nSPS) is 10.5. The molecule has 0 unspecified atom stereocenters. The highest BCUT2D eigenvalue weighted by atomic mass is 35.5. The molecule has 0 aliphatic carbocycles. The predicted octanol–water partition coefficient (Wildman–Crippen LogP) is 3.25. The van der Waals surface area contributed by atoms with E-state index in [2.05, 4.69) is 27.9 Å². The van der Waals surface area contributed by atoms with E-state index in [9.17, 15) is 0 Å². The van der Waals surface area contributed by atoms with Gasteiger partial charge in [-0.3, -0.25) is 0 Å². The van der Waals surface area contributed by atoms with Gasteiger partial charge in [-0.1, -0.05) is 6.08 Å². The molecule has 0 radical (unpaired) electrons. The molecule has 5 heteroatoms. The van der Waals surface area contributed by atoms with Gasteiger partial charge in [0.25, 0.3) is 0 Å². The molecular formula is C10H10ClN3S. The van der Waals surface area contributed by atoms with E-state index in [1.807, 2.05) is 6.92 Å². The topological polar surface area (TPSA) is 37.8 Å². The van der Waals surface area contributed by atoms with E-state index in [1.165, 1.54) is 4.88 Å². The van der Waals surface area contributed by atoms with Crippen molar-refractivity contribution in [2.24, 2.45) is 0 Å². The number of nitrogens with zero attached hydrogens (tertiary/aromatic N) is 2. The summed E-state index contributed by atoms with van der Waals surface area (Å²) in [5.41, 5.74) is 0. The summed E-state index contributed by atoms with van der Waals surface area (Å²) in [4.78, 5) is 10.4. The van der Waals surface area contributed by atoms with Crippen molar-refractivity contribution >= 4 is 39.0 Å². The Morgan fingerprint density at radius 3 is 3.13 bits per heavy atom. The fraction of sp³-hybridized carbons (Fsp3) is 0.200. The van der Waals surface area contributed by atoms with E-state index < -0.39 is 0 Å². The van der Waals surface area contributed by atoms with Crippen LogP contribution in [0.3, 0.4) is 0 Å². The Labute approximate surface area is 96.8 Å². The van der Waals surface area contributed by atoms with Gasteiger partial charge in [-0.2, -0.15) is 0 Å². The maximum absolute atomic E-state index is 5.83. The zero-order chi connectivity index (χ0) is 10.8. The highest BCUT2D eigenvalue weighted by Crippen LogP contribution is 2.29. The zero-order valence-corrected chi connectivity index (χ0v) is 9.82. The minimum atomic E-state index is 0.274. The summed E-state index contributed by atoms with van der Waals surface area (Å²) in [6, 6.07) is 2.06. The first-order valence-electron chi connectivity index (χ1n) is 4.49. The first-order chi connectivity index (χ1) is 7.20. The maximum Gasteiger partial charge on any atom is 0.225 e. The fourth-order valence-electron chi connectivity index (χ4n) is 1.32. The smallest absolute Gasteiger partial charge is 0.225 e. The quantitative estimate of drug-likeness (QED) is 0.660. The molecule has 15 heavy (non-hydrogen) atoms. The Kier molecular flexibility index (Phi) is 2.88. The van der Waals surface area contributed by atoms with Gasteiger partial charge in [-0.25, -0.2) is 9.97 Å². The van der Waals surface area contributed by atoms with Crippen LogP contribution in [0.5, 0.6) is 0 Å². The third kappa shape index (κ3) is 2.11. The molecule has 0 bridgehead atoms. The average molecular weight is 240 g/mol. The van der Waals surface area contributed by atoms with E-state index in [0.29, 0.717) is 6.54 Å². The molecule has 0 saturated carbocycles. The molecule has 0 aromatic carbocycles. The SMILES string of the molecule is C=CCNc1nc(Cl)nc2sc(C)cc12. The van der Waals surface area contributed by atoms with Crippen LogP contribution in [0.25, 0.3) is 10.2 Å². The first kappa shape index (κ1) is 10.4. The van der Waals surface area contributed by atoms with Crippen molar-refractivity contribution in [2.75, 3.05) is 11.9 Å². The first-order valence-corrected chi connectivity index (χ1v) is 5.68. The minimum absolute atomic E-state index is 0.274. The standard InChI is InChI=1S/C10H10ClN3S/c1-3-4-12-8-7-5-6(2)15-9(7)14-10(11)13-8/h3,5H,1,4H2,2H3,(H,12,13,14). The number of anilines is 1. The summed E-state index contributed by atoms with van der Waals surface area (Å²) in [5.74, 6) is 0.772. The summed E-state index contributed by atoms with van der Waals surface area (Å²) < 4.78 is 0. The predicted molar refractivity (Wildman–Crippen MR) is 65.8 cm³/mol. The largest absolute Gasteiger partial charge is 0.366 e. The summed E-state index contributed by atoms with van der Waals surface area (Å²) in [6.07, 6.45) is 1.78. The van der Waals surface area contributed by atoms with E-state index in [-0.39, 0.29) is 5.28 Å². The van der Waals surface area contributed by atoms with Crippen LogP contribution in [0.15, 0.2) is 18.7 Å². The lowest BCUT2D eigenvalue weighted by atomic mass is 10.3. The van der Waals surface area contributed by atoms with E-state index in [0.717, 1.165) is 16.0 Å². The van der Waals surface area contributed by atoms with Crippen LogP contribution in [0, 0.1) is 6.92 Å². The van der Waals surface area contributed by atoms with Crippen molar-refractivity contribution in [3.05, 3.63) is 28.9 Å². The highest BCUT2D eigenvalue weighted by molar-refractivity contribution is 7.18. The molecule has 0 fully saturated rings. The molecule has 2 aromatic rings. The van der Waals surface area contributed by atoms with Crippen LogP contribution in [-0.4, -0.2) is 16.5 Å². The molecule has 0 saturated heterocycles. The summed E-state index contributed by atoms with van der Waals surface area (Å²) in [5, 5.41) is 4.44. The fourth-order valence-corrected chi connectivity index (χ4v) is 2.42. The highest BCUT2D eigenvalue weighted by Gasteiger charge is 2.08. The van der Waals surface area contributed by atoms with E-state index in [4.69, 9.17) is 11.6 Å². The van der Waals surface area contributed by atoms with Crippen LogP contribution in [-0.2, 0) is 0 Å². The molecule has 0 atom stereocenters. The Morgan fingerprint density at radius 1 is 1.60 bits per heavy atom. The molecule has 0 aliphatic rings. The summed E-state index contributed by atoms with van der Waals surface area (Å²) in [7, 11) is 0. The molecular weight excluding hydrogens is 230 g/mol. The molecule has 2 rings (SSSR count). The molecule has 1 N–H and O–H groups in total. The Balaban J connectivity index is 2.54. The number of thiophene rings is 1. The van der Waals surface area contributed by atoms with Crippen molar-refractivity contribution in [1.82, 2.24) is 9.97 Å². The van der Waals surface area contributed by atoms with Crippen molar-refractivity contribution in [3.63, 3.8) is 0 Å². The number of fused-ring (bicyclic) bond motifs is 1. The number of aryl methyl sites for hydroxylation is 1. The van der Waals surface area contributed by atoms with Crippen molar-refractivity contribution in [2.45, 2.75) is 6.92 Å². The molecule has 0 amide bonds. The van der Waals surface area contributed by atoms with E-state index in [1.54, 1.807) is 17.4 Å². The van der Waals surface area contributed by atoms with Crippen molar-refractivity contribution < 1.29 is 0 Å². The van der Waals surface area contributed by atoms with Gasteiger partial charge in [-0.05, 0) is 24.6 Å². The van der Waals surface area contributed by atoms with Gasteiger partial charge in [0.1, 0.15) is 10.6 Å². The van der Waals surface area contributed by atoms with Crippen LogP contribution >= 0.6 is 22.9 Å².